The van der Waals surface area contributed by atoms with Gasteiger partial charge in [0.05, 0.1) is 5.56 Å². The van der Waals surface area contributed by atoms with E-state index in [1.54, 1.807) is 38.2 Å². The highest BCUT2D eigenvalue weighted by atomic mass is 16.6. The second-order valence-corrected chi connectivity index (χ2v) is 8.68. The maximum atomic E-state index is 11.3. The second-order valence-electron chi connectivity index (χ2n) is 8.68. The van der Waals surface area contributed by atoms with Crippen LogP contribution in [-0.4, -0.2) is 5.97 Å². The molecule has 0 amide bonds. The summed E-state index contributed by atoms with van der Waals surface area (Å²) >= 11 is 0. The summed E-state index contributed by atoms with van der Waals surface area (Å²) in [4.78, 5) is 11.3. The molecule has 2 nitrogen and oxygen atoms in total. The lowest BCUT2D eigenvalue weighted by Gasteiger charge is -2.23. The lowest BCUT2D eigenvalue weighted by Crippen LogP contribution is -2.15. The maximum Gasteiger partial charge on any atom is 0.339 e. The van der Waals surface area contributed by atoms with Crippen molar-refractivity contribution in [1.82, 2.24) is 0 Å². The van der Waals surface area contributed by atoms with E-state index < -0.39 is 5.60 Å². The minimum Gasteiger partial charge on any atom is -0.451 e. The van der Waals surface area contributed by atoms with Gasteiger partial charge in [-0.2, -0.15) is 0 Å². The first kappa shape index (κ1) is 18.5. The van der Waals surface area contributed by atoms with Crippen molar-refractivity contribution < 1.29 is 9.53 Å². The Morgan fingerprint density at radius 2 is 1.52 bits per heavy atom. The van der Waals surface area contributed by atoms with Gasteiger partial charge < -0.3 is 4.74 Å². The fraction of sp³-hybridized carbons (Fsp3) is 0.696. The minimum atomic E-state index is -0.451. The third-order valence-corrected chi connectivity index (χ3v) is 6.77. The summed E-state index contributed by atoms with van der Waals surface area (Å²) < 4.78 is 5.18. The first-order chi connectivity index (χ1) is 12.0. The summed E-state index contributed by atoms with van der Waals surface area (Å²) in [5, 5.41) is 0. The van der Waals surface area contributed by atoms with Gasteiger partial charge in [-0.1, -0.05) is 39.0 Å². The van der Waals surface area contributed by atoms with Gasteiger partial charge in [-0.05, 0) is 81.6 Å². The number of rotatable bonds is 0. The number of carbonyl (C=O) groups excluding carboxylic acids is 1. The average Bonchev–Trinajstić information content (AvgIpc) is 3.33. The molecule has 3 fully saturated rings. The Balaban J connectivity index is 0.000000133. The molecular formula is C23H34O2. The molecule has 1 aromatic carbocycles. The van der Waals surface area contributed by atoms with E-state index in [1.165, 1.54) is 23.7 Å². The number of hydrogen-bond donors (Lipinski definition) is 0. The van der Waals surface area contributed by atoms with Crippen LogP contribution in [0.15, 0.2) is 24.3 Å². The van der Waals surface area contributed by atoms with E-state index in [9.17, 15) is 4.79 Å². The molecule has 3 saturated carbocycles. The Labute approximate surface area is 153 Å². The van der Waals surface area contributed by atoms with Gasteiger partial charge in [-0.3, -0.25) is 0 Å². The molecule has 3 aliphatic carbocycles. The van der Waals surface area contributed by atoms with Crippen LogP contribution in [0, 0.1) is 29.6 Å². The number of cyclic esters (lactones) is 1. The molecule has 4 unspecified atom stereocenters. The van der Waals surface area contributed by atoms with Crippen LogP contribution in [-0.2, 0) is 10.3 Å². The molecule has 25 heavy (non-hydrogen) atoms. The number of hydrogen-bond acceptors (Lipinski definition) is 2. The van der Waals surface area contributed by atoms with E-state index in [-0.39, 0.29) is 5.97 Å². The number of benzene rings is 1. The van der Waals surface area contributed by atoms with E-state index in [0.29, 0.717) is 5.56 Å². The van der Waals surface area contributed by atoms with Gasteiger partial charge in [-0.15, -0.1) is 0 Å². The molecule has 0 N–H and O–H groups in total. The second kappa shape index (κ2) is 7.13. The Hall–Kier alpha value is -1.31. The standard InChI is InChI=1S/C11H18.C10H10O2.C2H6/c1-7-4-10-8-2-3-9(6-8)11(10)5-7;1-10(2)8-6-4-3-5-7(8)9(11)12-10;1-2/h7-11H,2-6H2,1H3;3-6H,1-2H3;1-2H3. The number of fused-ring (bicyclic) bond motifs is 6. The van der Waals surface area contributed by atoms with Crippen molar-refractivity contribution in [1.29, 1.82) is 0 Å². The fourth-order valence-corrected chi connectivity index (χ4v) is 5.82. The topological polar surface area (TPSA) is 26.3 Å². The zero-order valence-corrected chi connectivity index (χ0v) is 16.5. The number of carbonyl (C=O) groups is 1. The van der Waals surface area contributed by atoms with E-state index >= 15 is 0 Å². The average molecular weight is 343 g/mol. The van der Waals surface area contributed by atoms with Crippen molar-refractivity contribution in [3.8, 4) is 0 Å². The van der Waals surface area contributed by atoms with Crippen molar-refractivity contribution in [2.24, 2.45) is 29.6 Å². The predicted octanol–water partition coefficient (Wildman–Crippen LogP) is 6.20. The fourth-order valence-electron chi connectivity index (χ4n) is 5.82. The third-order valence-electron chi connectivity index (χ3n) is 6.77. The van der Waals surface area contributed by atoms with Crippen LogP contribution in [0.1, 0.15) is 82.6 Å². The molecule has 0 spiro atoms. The molecule has 0 saturated heterocycles. The number of esters is 1. The highest BCUT2D eigenvalue weighted by Crippen LogP contribution is 2.59. The SMILES string of the molecule is CC.CC1(C)OC(=O)c2ccccc21.CC1CC2C3CCC(C3)C2C1. The molecule has 5 rings (SSSR count). The Morgan fingerprint density at radius 3 is 2.08 bits per heavy atom. The summed E-state index contributed by atoms with van der Waals surface area (Å²) in [5.41, 5.74) is 1.23. The monoisotopic (exact) mass is 342 g/mol. The summed E-state index contributed by atoms with van der Waals surface area (Å²) in [7, 11) is 0. The molecule has 0 aromatic heterocycles. The smallest absolute Gasteiger partial charge is 0.339 e. The first-order valence-electron chi connectivity index (χ1n) is 10.3. The van der Waals surface area contributed by atoms with Crippen LogP contribution in [0.2, 0.25) is 0 Å². The van der Waals surface area contributed by atoms with Gasteiger partial charge in [-0.25, -0.2) is 4.79 Å². The van der Waals surface area contributed by atoms with Crippen molar-refractivity contribution in [2.45, 2.75) is 72.3 Å². The molecular weight excluding hydrogens is 308 g/mol. The summed E-state index contributed by atoms with van der Waals surface area (Å²) in [5.74, 6) is 5.57. The zero-order chi connectivity index (χ0) is 18.2. The largest absolute Gasteiger partial charge is 0.451 e. The maximum absolute atomic E-state index is 11.3. The van der Waals surface area contributed by atoms with Crippen LogP contribution in [0.4, 0.5) is 0 Å². The summed E-state index contributed by atoms with van der Waals surface area (Å²) in [6, 6.07) is 7.50. The van der Waals surface area contributed by atoms with Crippen LogP contribution in [0.3, 0.4) is 0 Å². The molecule has 2 heteroatoms. The highest BCUT2D eigenvalue weighted by molar-refractivity contribution is 5.94. The Kier molecular flexibility index (Phi) is 5.27. The van der Waals surface area contributed by atoms with Crippen molar-refractivity contribution in [3.05, 3.63) is 35.4 Å². The van der Waals surface area contributed by atoms with Crippen molar-refractivity contribution in [3.63, 3.8) is 0 Å². The molecule has 1 aromatic rings. The van der Waals surface area contributed by atoms with Crippen molar-refractivity contribution in [2.75, 3.05) is 0 Å². The normalized spacial score (nSPS) is 35.7. The van der Waals surface area contributed by atoms with E-state index in [0.717, 1.165) is 11.5 Å². The van der Waals surface area contributed by atoms with Gasteiger partial charge in [0.1, 0.15) is 5.60 Å². The van der Waals surface area contributed by atoms with Gasteiger partial charge >= 0.3 is 5.97 Å². The molecule has 4 atom stereocenters. The van der Waals surface area contributed by atoms with E-state index in [4.69, 9.17) is 4.74 Å². The van der Waals surface area contributed by atoms with Crippen LogP contribution in [0.5, 0.6) is 0 Å². The quantitative estimate of drug-likeness (QED) is 0.525. The van der Waals surface area contributed by atoms with E-state index in [1.807, 2.05) is 45.9 Å². The highest BCUT2D eigenvalue weighted by Gasteiger charge is 2.50. The molecule has 0 radical (unpaired) electrons. The van der Waals surface area contributed by atoms with Crippen LogP contribution < -0.4 is 0 Å². The molecule has 138 valence electrons. The van der Waals surface area contributed by atoms with Crippen LogP contribution in [0.25, 0.3) is 0 Å². The molecule has 1 heterocycles. The van der Waals surface area contributed by atoms with Crippen LogP contribution >= 0.6 is 0 Å². The van der Waals surface area contributed by atoms with Gasteiger partial charge in [0, 0.05) is 5.56 Å². The predicted molar refractivity (Wildman–Crippen MR) is 102 cm³/mol. The van der Waals surface area contributed by atoms with Gasteiger partial charge in [0.15, 0.2) is 0 Å². The lowest BCUT2D eigenvalue weighted by molar-refractivity contribution is 0.00954. The van der Waals surface area contributed by atoms with Crippen molar-refractivity contribution >= 4 is 5.97 Å². The zero-order valence-electron chi connectivity index (χ0n) is 16.5. The van der Waals surface area contributed by atoms with Gasteiger partial charge in [0.2, 0.25) is 0 Å². The third kappa shape index (κ3) is 3.37. The summed E-state index contributed by atoms with van der Waals surface area (Å²) in [6.45, 7) is 10.3. The molecule has 2 bridgehead atoms. The lowest BCUT2D eigenvalue weighted by atomic mass is 9.82. The molecule has 1 aliphatic heterocycles. The first-order valence-corrected chi connectivity index (χ1v) is 10.3. The summed E-state index contributed by atoms with van der Waals surface area (Å²) in [6.07, 6.45) is 7.93. The van der Waals surface area contributed by atoms with E-state index in [2.05, 4.69) is 6.92 Å². The number of ether oxygens (including phenoxy) is 1. The Morgan fingerprint density at radius 1 is 0.960 bits per heavy atom. The minimum absolute atomic E-state index is 0.212. The Bertz CT molecular complexity index is 600. The van der Waals surface area contributed by atoms with Gasteiger partial charge in [0.25, 0.3) is 0 Å². The molecule has 4 aliphatic rings.